The highest BCUT2D eigenvalue weighted by Crippen LogP contribution is 2.28. The number of ether oxygens (including phenoxy) is 1. The molecule has 1 aromatic carbocycles. The van der Waals surface area contributed by atoms with Gasteiger partial charge in [0, 0.05) is 17.8 Å². The Kier molecular flexibility index (Phi) is 5.62. The van der Waals surface area contributed by atoms with Gasteiger partial charge in [0.05, 0.1) is 7.11 Å². The molecule has 0 saturated heterocycles. The van der Waals surface area contributed by atoms with Crippen molar-refractivity contribution in [2.75, 3.05) is 12.4 Å². The van der Waals surface area contributed by atoms with E-state index < -0.39 is 15.9 Å². The molecule has 0 spiro atoms. The van der Waals surface area contributed by atoms with Crippen LogP contribution in [0.25, 0.3) is 0 Å². The van der Waals surface area contributed by atoms with Crippen LogP contribution in [-0.4, -0.2) is 37.6 Å². The van der Waals surface area contributed by atoms with E-state index >= 15 is 0 Å². The molecule has 1 aliphatic rings. The smallest absolute Gasteiger partial charge is 0.256 e. The third-order valence-electron chi connectivity index (χ3n) is 4.41. The largest absolute Gasteiger partial charge is 0.504 e. The van der Waals surface area contributed by atoms with Crippen molar-refractivity contribution >= 4 is 21.7 Å². The molecule has 1 aromatic heterocycles. The number of methoxy groups -OCH3 is 1. The number of pyridine rings is 1. The Labute approximate surface area is 157 Å². The van der Waals surface area contributed by atoms with E-state index in [9.17, 15) is 18.3 Å². The summed E-state index contributed by atoms with van der Waals surface area (Å²) in [5.74, 6) is -0.636. The number of hydrogen-bond acceptors (Lipinski definition) is 6. The van der Waals surface area contributed by atoms with E-state index in [1.54, 1.807) is 0 Å². The Morgan fingerprint density at radius 2 is 2.00 bits per heavy atom. The zero-order valence-corrected chi connectivity index (χ0v) is 15.6. The van der Waals surface area contributed by atoms with Gasteiger partial charge in [-0.2, -0.15) is 0 Å². The molecule has 3 rings (SSSR count). The molecule has 0 atom stereocenters. The summed E-state index contributed by atoms with van der Waals surface area (Å²) in [7, 11) is -2.47. The summed E-state index contributed by atoms with van der Waals surface area (Å²) in [5.41, 5.74) is 0.104. The summed E-state index contributed by atoms with van der Waals surface area (Å²) in [4.78, 5) is 16.2. The number of benzene rings is 1. The average Bonchev–Trinajstić information content (AvgIpc) is 3.15. The first kappa shape index (κ1) is 19.1. The number of aromatic hydroxyl groups is 1. The van der Waals surface area contributed by atoms with Gasteiger partial charge >= 0.3 is 0 Å². The predicted molar refractivity (Wildman–Crippen MR) is 99.4 cm³/mol. The lowest BCUT2D eigenvalue weighted by atomic mass is 10.2. The molecule has 1 amide bonds. The molecular formula is C18H21N3O5S. The summed E-state index contributed by atoms with van der Waals surface area (Å²) in [5, 5.41) is 12.2. The fraction of sp³-hybridized carbons (Fsp3) is 0.333. The van der Waals surface area contributed by atoms with Crippen LogP contribution in [0.5, 0.6) is 11.5 Å². The lowest BCUT2D eigenvalue weighted by molar-refractivity contribution is 0.102. The van der Waals surface area contributed by atoms with Gasteiger partial charge in [-0.25, -0.2) is 18.1 Å². The molecule has 27 heavy (non-hydrogen) atoms. The maximum Gasteiger partial charge on any atom is 0.256 e. The number of sulfonamides is 1. The molecule has 0 radical (unpaired) electrons. The third kappa shape index (κ3) is 4.37. The topological polar surface area (TPSA) is 118 Å². The van der Waals surface area contributed by atoms with Crippen LogP contribution >= 0.6 is 0 Å². The van der Waals surface area contributed by atoms with E-state index in [0.717, 1.165) is 25.7 Å². The number of nitrogens with zero attached hydrogens (tertiary/aromatic N) is 1. The van der Waals surface area contributed by atoms with Crippen LogP contribution in [-0.2, 0) is 10.0 Å². The zero-order valence-electron chi connectivity index (χ0n) is 14.8. The van der Waals surface area contributed by atoms with Crippen molar-refractivity contribution in [2.24, 2.45) is 0 Å². The summed E-state index contributed by atoms with van der Waals surface area (Å²) >= 11 is 0. The number of anilines is 1. The molecule has 3 N–H and O–H groups in total. The minimum Gasteiger partial charge on any atom is -0.504 e. The molecule has 144 valence electrons. The van der Waals surface area contributed by atoms with E-state index in [-0.39, 0.29) is 33.8 Å². The SMILES string of the molecule is COc1ccc(C(=O)Nc2ncccc2O)cc1S(=O)(=O)NC1CCCC1. The molecular weight excluding hydrogens is 370 g/mol. The van der Waals surface area contributed by atoms with Crippen LogP contribution in [0.1, 0.15) is 36.0 Å². The standard InChI is InChI=1S/C18H21N3O5S/c1-26-15-9-8-12(18(23)20-17-14(22)7-4-10-19-17)11-16(15)27(24,25)21-13-5-2-3-6-13/h4,7-11,13,21-22H,2-3,5-6H2,1H3,(H,19,20,23). The van der Waals surface area contributed by atoms with E-state index in [1.165, 1.54) is 43.6 Å². The molecule has 9 heteroatoms. The summed E-state index contributed by atoms with van der Waals surface area (Å²) in [6.07, 6.45) is 4.98. The molecule has 2 aromatic rings. The minimum absolute atomic E-state index is 0.00759. The van der Waals surface area contributed by atoms with Gasteiger partial charge in [0.2, 0.25) is 10.0 Å². The van der Waals surface area contributed by atoms with Gasteiger partial charge in [0.25, 0.3) is 5.91 Å². The summed E-state index contributed by atoms with van der Waals surface area (Å²) in [6.45, 7) is 0. The Bertz CT molecular complexity index is 940. The third-order valence-corrected chi connectivity index (χ3v) is 5.95. The van der Waals surface area contributed by atoms with Gasteiger partial charge in [-0.1, -0.05) is 12.8 Å². The van der Waals surface area contributed by atoms with Crippen molar-refractivity contribution < 1.29 is 23.1 Å². The lowest BCUT2D eigenvalue weighted by Gasteiger charge is -2.15. The summed E-state index contributed by atoms with van der Waals surface area (Å²) in [6, 6.07) is 6.93. The maximum atomic E-state index is 12.8. The Morgan fingerprint density at radius 3 is 2.67 bits per heavy atom. The highest BCUT2D eigenvalue weighted by molar-refractivity contribution is 7.89. The van der Waals surface area contributed by atoms with Crippen LogP contribution in [0, 0.1) is 0 Å². The van der Waals surface area contributed by atoms with E-state index in [1.807, 2.05) is 0 Å². The second-order valence-corrected chi connectivity index (χ2v) is 7.98. The van der Waals surface area contributed by atoms with Crippen LogP contribution in [0.4, 0.5) is 5.82 Å². The number of carbonyl (C=O) groups is 1. The molecule has 1 fully saturated rings. The molecule has 1 saturated carbocycles. The number of hydrogen-bond donors (Lipinski definition) is 3. The van der Waals surface area contributed by atoms with Crippen molar-refractivity contribution in [3.05, 3.63) is 42.1 Å². The van der Waals surface area contributed by atoms with E-state index in [4.69, 9.17) is 4.74 Å². The highest BCUT2D eigenvalue weighted by atomic mass is 32.2. The second kappa shape index (κ2) is 7.93. The molecule has 1 aliphatic carbocycles. The molecule has 0 bridgehead atoms. The molecule has 1 heterocycles. The van der Waals surface area contributed by atoms with Crippen molar-refractivity contribution in [1.29, 1.82) is 0 Å². The van der Waals surface area contributed by atoms with Crippen molar-refractivity contribution in [1.82, 2.24) is 9.71 Å². The first-order valence-corrected chi connectivity index (χ1v) is 10.0. The monoisotopic (exact) mass is 391 g/mol. The predicted octanol–water partition coefficient (Wildman–Crippen LogP) is 2.27. The Morgan fingerprint density at radius 1 is 1.26 bits per heavy atom. The lowest BCUT2D eigenvalue weighted by Crippen LogP contribution is -2.33. The molecule has 0 aliphatic heterocycles. The quantitative estimate of drug-likeness (QED) is 0.695. The van der Waals surface area contributed by atoms with E-state index in [2.05, 4.69) is 15.0 Å². The van der Waals surface area contributed by atoms with Gasteiger partial charge in [-0.05, 0) is 43.2 Å². The van der Waals surface area contributed by atoms with Gasteiger partial charge in [0.15, 0.2) is 11.6 Å². The highest BCUT2D eigenvalue weighted by Gasteiger charge is 2.26. The van der Waals surface area contributed by atoms with Gasteiger partial charge in [0.1, 0.15) is 10.6 Å². The minimum atomic E-state index is -3.84. The van der Waals surface area contributed by atoms with Crippen molar-refractivity contribution in [3.8, 4) is 11.5 Å². The zero-order chi connectivity index (χ0) is 19.4. The molecule has 8 nitrogen and oxygen atoms in total. The molecule has 0 unspecified atom stereocenters. The fourth-order valence-electron chi connectivity index (χ4n) is 3.03. The van der Waals surface area contributed by atoms with Crippen LogP contribution in [0.2, 0.25) is 0 Å². The van der Waals surface area contributed by atoms with Gasteiger partial charge in [-0.15, -0.1) is 0 Å². The van der Waals surface area contributed by atoms with Gasteiger partial charge < -0.3 is 15.2 Å². The number of rotatable bonds is 6. The van der Waals surface area contributed by atoms with Crippen LogP contribution < -0.4 is 14.8 Å². The number of aromatic nitrogens is 1. The maximum absolute atomic E-state index is 12.8. The van der Waals surface area contributed by atoms with Crippen molar-refractivity contribution in [2.45, 2.75) is 36.6 Å². The fourth-order valence-corrected chi connectivity index (χ4v) is 4.53. The number of carbonyl (C=O) groups excluding carboxylic acids is 1. The Hall–Kier alpha value is -2.65. The van der Waals surface area contributed by atoms with E-state index in [0.29, 0.717) is 0 Å². The first-order valence-electron chi connectivity index (χ1n) is 8.56. The normalized spacial score (nSPS) is 14.9. The van der Waals surface area contributed by atoms with Crippen LogP contribution in [0.15, 0.2) is 41.4 Å². The second-order valence-electron chi connectivity index (χ2n) is 6.29. The number of nitrogens with one attached hydrogen (secondary N) is 2. The average molecular weight is 391 g/mol. The summed E-state index contributed by atoms with van der Waals surface area (Å²) < 4.78 is 33.4. The van der Waals surface area contributed by atoms with Crippen molar-refractivity contribution in [3.63, 3.8) is 0 Å². The Balaban J connectivity index is 1.88. The van der Waals surface area contributed by atoms with Crippen LogP contribution in [0.3, 0.4) is 0 Å². The first-order chi connectivity index (χ1) is 12.9. The number of amides is 1. The van der Waals surface area contributed by atoms with Gasteiger partial charge in [-0.3, -0.25) is 4.79 Å².